The quantitative estimate of drug-likeness (QED) is 0.399. The molecule has 2 aromatic carbocycles. The highest BCUT2D eigenvalue weighted by atomic mass is 32.2. The molecule has 0 saturated carbocycles. The SMILES string of the molecule is CCc1ccc(CN(C)C(=O)CSc2nnc(CN3CCCCC3)n2Cc2ccccc2)cc1. The Morgan fingerprint density at radius 1 is 0.912 bits per heavy atom. The van der Waals surface area contributed by atoms with Crippen LogP contribution >= 0.6 is 11.8 Å². The first-order chi connectivity index (χ1) is 16.6. The van der Waals surface area contributed by atoms with E-state index in [-0.39, 0.29) is 5.91 Å². The van der Waals surface area contributed by atoms with Crippen LogP contribution in [0, 0.1) is 0 Å². The van der Waals surface area contributed by atoms with Crippen LogP contribution in [0.25, 0.3) is 0 Å². The number of carbonyl (C=O) groups is 1. The molecule has 7 heteroatoms. The van der Waals surface area contributed by atoms with Gasteiger partial charge in [-0.2, -0.15) is 0 Å². The van der Waals surface area contributed by atoms with E-state index in [1.165, 1.54) is 42.2 Å². The summed E-state index contributed by atoms with van der Waals surface area (Å²) < 4.78 is 2.19. The molecule has 0 aliphatic carbocycles. The summed E-state index contributed by atoms with van der Waals surface area (Å²) >= 11 is 1.48. The molecule has 1 fully saturated rings. The van der Waals surface area contributed by atoms with Gasteiger partial charge >= 0.3 is 0 Å². The Kier molecular flexibility index (Phi) is 8.77. The summed E-state index contributed by atoms with van der Waals surface area (Å²) in [5.74, 6) is 1.42. The van der Waals surface area contributed by atoms with Crippen molar-refractivity contribution in [1.82, 2.24) is 24.6 Å². The van der Waals surface area contributed by atoms with Gasteiger partial charge in [0.05, 0.1) is 18.8 Å². The third kappa shape index (κ3) is 6.70. The molecule has 1 aliphatic rings. The van der Waals surface area contributed by atoms with Crippen molar-refractivity contribution in [3.8, 4) is 0 Å². The normalized spacial score (nSPS) is 14.3. The molecule has 0 unspecified atom stereocenters. The van der Waals surface area contributed by atoms with Gasteiger partial charge in [-0.25, -0.2) is 0 Å². The monoisotopic (exact) mass is 477 g/mol. The van der Waals surface area contributed by atoms with Crippen LogP contribution in [-0.2, 0) is 30.8 Å². The van der Waals surface area contributed by atoms with Crippen LogP contribution < -0.4 is 0 Å². The molecule has 2 heterocycles. The standard InChI is InChI=1S/C27H35N5OS/c1-3-22-12-14-24(15-13-22)18-30(2)26(33)21-34-27-29-28-25(20-31-16-8-5-9-17-31)32(27)19-23-10-6-4-7-11-23/h4,6-7,10-15H,3,5,8-9,16-21H2,1-2H3. The maximum absolute atomic E-state index is 12.9. The summed E-state index contributed by atoms with van der Waals surface area (Å²) in [7, 11) is 1.87. The Morgan fingerprint density at radius 2 is 1.62 bits per heavy atom. The molecule has 0 N–H and O–H groups in total. The maximum atomic E-state index is 12.9. The lowest BCUT2D eigenvalue weighted by atomic mass is 10.1. The van der Waals surface area contributed by atoms with Crippen LogP contribution in [0.15, 0.2) is 59.8 Å². The fraction of sp³-hybridized carbons (Fsp3) is 0.444. The number of piperidine rings is 1. The molecule has 1 saturated heterocycles. The first-order valence-electron chi connectivity index (χ1n) is 12.3. The van der Waals surface area contributed by atoms with Gasteiger partial charge in [-0.05, 0) is 49.0 Å². The van der Waals surface area contributed by atoms with E-state index < -0.39 is 0 Å². The molecule has 4 rings (SSSR count). The minimum Gasteiger partial charge on any atom is -0.341 e. The number of thioether (sulfide) groups is 1. The number of aryl methyl sites for hydroxylation is 1. The average molecular weight is 478 g/mol. The molecule has 180 valence electrons. The molecule has 6 nitrogen and oxygen atoms in total. The molecule has 34 heavy (non-hydrogen) atoms. The number of amides is 1. The second kappa shape index (κ2) is 12.2. The zero-order chi connectivity index (χ0) is 23.8. The number of nitrogens with zero attached hydrogens (tertiary/aromatic N) is 5. The molecular formula is C27H35N5OS. The van der Waals surface area contributed by atoms with Crippen molar-refractivity contribution < 1.29 is 4.79 Å². The minimum absolute atomic E-state index is 0.0939. The summed E-state index contributed by atoms with van der Waals surface area (Å²) in [6.07, 6.45) is 4.83. The highest BCUT2D eigenvalue weighted by Crippen LogP contribution is 2.21. The van der Waals surface area contributed by atoms with E-state index in [1.54, 1.807) is 4.90 Å². The molecule has 1 aliphatic heterocycles. The Morgan fingerprint density at radius 3 is 2.32 bits per heavy atom. The lowest BCUT2D eigenvalue weighted by Crippen LogP contribution is -2.30. The van der Waals surface area contributed by atoms with Crippen LogP contribution in [0.2, 0.25) is 0 Å². The van der Waals surface area contributed by atoms with E-state index in [4.69, 9.17) is 0 Å². The average Bonchev–Trinajstić information content (AvgIpc) is 3.24. The number of hydrogen-bond acceptors (Lipinski definition) is 5. The van der Waals surface area contributed by atoms with Crippen molar-refractivity contribution in [2.75, 3.05) is 25.9 Å². The third-order valence-corrected chi connectivity index (χ3v) is 7.34. The van der Waals surface area contributed by atoms with Crippen molar-refractivity contribution in [3.05, 3.63) is 77.1 Å². The van der Waals surface area contributed by atoms with E-state index in [2.05, 4.69) is 75.1 Å². The Balaban J connectivity index is 1.41. The molecule has 0 spiro atoms. The van der Waals surface area contributed by atoms with E-state index in [0.717, 1.165) is 42.6 Å². The molecule has 0 bridgehead atoms. The van der Waals surface area contributed by atoms with Crippen LogP contribution in [0.4, 0.5) is 0 Å². The van der Waals surface area contributed by atoms with Crippen LogP contribution in [-0.4, -0.2) is 56.4 Å². The lowest BCUT2D eigenvalue weighted by Gasteiger charge is -2.26. The van der Waals surface area contributed by atoms with Crippen LogP contribution in [0.3, 0.4) is 0 Å². The van der Waals surface area contributed by atoms with Crippen LogP contribution in [0.1, 0.15) is 48.7 Å². The van der Waals surface area contributed by atoms with E-state index in [0.29, 0.717) is 18.8 Å². The van der Waals surface area contributed by atoms with Gasteiger partial charge in [-0.15, -0.1) is 10.2 Å². The number of rotatable bonds is 10. The Bertz CT molecular complexity index is 1040. The van der Waals surface area contributed by atoms with Gasteiger partial charge in [0.2, 0.25) is 5.91 Å². The second-order valence-electron chi connectivity index (χ2n) is 9.02. The van der Waals surface area contributed by atoms with Gasteiger partial charge in [0.25, 0.3) is 0 Å². The van der Waals surface area contributed by atoms with Crippen molar-refractivity contribution in [1.29, 1.82) is 0 Å². The fourth-order valence-electron chi connectivity index (χ4n) is 4.26. The van der Waals surface area contributed by atoms with Gasteiger partial charge in [-0.3, -0.25) is 9.69 Å². The largest absolute Gasteiger partial charge is 0.341 e. The number of benzene rings is 2. The summed E-state index contributed by atoms with van der Waals surface area (Å²) in [5, 5.41) is 9.84. The van der Waals surface area contributed by atoms with Crippen molar-refractivity contribution in [2.45, 2.75) is 57.4 Å². The Labute approximate surface area is 207 Å². The van der Waals surface area contributed by atoms with Crippen LogP contribution in [0.5, 0.6) is 0 Å². The molecule has 3 aromatic rings. The van der Waals surface area contributed by atoms with E-state index in [9.17, 15) is 4.79 Å². The van der Waals surface area contributed by atoms with E-state index in [1.807, 2.05) is 13.1 Å². The first kappa shape index (κ1) is 24.5. The van der Waals surface area contributed by atoms with Gasteiger partial charge in [0.1, 0.15) is 5.82 Å². The number of likely N-dealkylation sites (tertiary alicyclic amines) is 1. The van der Waals surface area contributed by atoms with E-state index >= 15 is 0 Å². The molecule has 0 radical (unpaired) electrons. The number of aromatic nitrogens is 3. The zero-order valence-electron chi connectivity index (χ0n) is 20.3. The number of carbonyl (C=O) groups excluding carboxylic acids is 1. The van der Waals surface area contributed by atoms with Crippen molar-refractivity contribution in [2.24, 2.45) is 0 Å². The maximum Gasteiger partial charge on any atom is 0.233 e. The fourth-order valence-corrected chi connectivity index (χ4v) is 5.16. The highest BCUT2D eigenvalue weighted by molar-refractivity contribution is 7.99. The predicted octanol–water partition coefficient (Wildman–Crippen LogP) is 4.63. The third-order valence-electron chi connectivity index (χ3n) is 6.39. The topological polar surface area (TPSA) is 54.3 Å². The minimum atomic E-state index is 0.0939. The van der Waals surface area contributed by atoms with Crippen molar-refractivity contribution in [3.63, 3.8) is 0 Å². The molecule has 1 aromatic heterocycles. The lowest BCUT2D eigenvalue weighted by molar-refractivity contribution is -0.127. The predicted molar refractivity (Wildman–Crippen MR) is 138 cm³/mol. The van der Waals surface area contributed by atoms with Gasteiger partial charge in [-0.1, -0.05) is 79.7 Å². The summed E-state index contributed by atoms with van der Waals surface area (Å²) in [6.45, 7) is 6.51. The zero-order valence-corrected chi connectivity index (χ0v) is 21.1. The molecule has 1 amide bonds. The Hall–Kier alpha value is -2.64. The summed E-state index contributed by atoms with van der Waals surface area (Å²) in [4.78, 5) is 17.1. The molecular weight excluding hydrogens is 442 g/mol. The molecule has 0 atom stereocenters. The highest BCUT2D eigenvalue weighted by Gasteiger charge is 2.19. The van der Waals surface area contributed by atoms with Gasteiger partial charge in [0.15, 0.2) is 5.16 Å². The second-order valence-corrected chi connectivity index (χ2v) is 9.96. The number of hydrogen-bond donors (Lipinski definition) is 0. The van der Waals surface area contributed by atoms with Crippen molar-refractivity contribution >= 4 is 17.7 Å². The summed E-state index contributed by atoms with van der Waals surface area (Å²) in [6, 6.07) is 18.9. The van der Waals surface area contributed by atoms with Gasteiger partial charge in [0, 0.05) is 13.6 Å². The first-order valence-corrected chi connectivity index (χ1v) is 13.2. The smallest absolute Gasteiger partial charge is 0.233 e. The summed E-state index contributed by atoms with van der Waals surface area (Å²) in [5.41, 5.74) is 3.67. The van der Waals surface area contributed by atoms with Gasteiger partial charge < -0.3 is 9.47 Å².